The van der Waals surface area contributed by atoms with E-state index in [1.807, 2.05) is 6.07 Å². The molecule has 0 radical (unpaired) electrons. The second kappa shape index (κ2) is 4.60. The largest absolute Gasteiger partial charge is 0.336 e. The molecule has 104 valence electrons. The molecular weight excluding hydrogens is 275 g/mol. The standard InChI is InChI=1S/C15H15FN2OS/c16-9-4-1-3-8(7-9)13-17-14(19)12-10-5-2-6-11(10)20-15(12)18-13/h1,3-4,7,12-13,15,18H,2,5-6H2,(H,17,19). The van der Waals surface area contributed by atoms with E-state index in [0.29, 0.717) is 0 Å². The number of nitrogens with one attached hydrogen (secondary N) is 2. The fraction of sp³-hybridized carbons (Fsp3) is 0.400. The van der Waals surface area contributed by atoms with Crippen molar-refractivity contribution in [3.05, 3.63) is 46.1 Å². The molecule has 0 bridgehead atoms. The van der Waals surface area contributed by atoms with Crippen LogP contribution in [0.1, 0.15) is 31.0 Å². The third-order valence-electron chi connectivity index (χ3n) is 4.24. The van der Waals surface area contributed by atoms with Crippen molar-refractivity contribution in [1.82, 2.24) is 10.6 Å². The van der Waals surface area contributed by atoms with Gasteiger partial charge in [0, 0.05) is 0 Å². The van der Waals surface area contributed by atoms with Gasteiger partial charge < -0.3 is 5.32 Å². The average Bonchev–Trinajstić information content (AvgIpc) is 2.98. The molecule has 1 amide bonds. The lowest BCUT2D eigenvalue weighted by Gasteiger charge is -2.34. The van der Waals surface area contributed by atoms with Crippen LogP contribution in [0.5, 0.6) is 0 Å². The number of carbonyl (C=O) groups is 1. The van der Waals surface area contributed by atoms with Gasteiger partial charge in [0.2, 0.25) is 5.91 Å². The molecule has 2 aliphatic heterocycles. The molecule has 4 rings (SSSR count). The Balaban J connectivity index is 1.60. The predicted octanol–water partition coefficient (Wildman–Crippen LogP) is 2.67. The first-order chi connectivity index (χ1) is 9.72. The van der Waals surface area contributed by atoms with Crippen molar-refractivity contribution in [2.24, 2.45) is 5.92 Å². The van der Waals surface area contributed by atoms with Gasteiger partial charge in [0.1, 0.15) is 12.0 Å². The average molecular weight is 290 g/mol. The molecule has 1 fully saturated rings. The summed E-state index contributed by atoms with van der Waals surface area (Å²) in [7, 11) is 0. The van der Waals surface area contributed by atoms with Gasteiger partial charge in [-0.2, -0.15) is 0 Å². The van der Waals surface area contributed by atoms with Crippen molar-refractivity contribution < 1.29 is 9.18 Å². The molecule has 0 aromatic heterocycles. The zero-order valence-electron chi connectivity index (χ0n) is 10.9. The summed E-state index contributed by atoms with van der Waals surface area (Å²) in [6, 6.07) is 6.39. The molecular formula is C15H15FN2OS. The summed E-state index contributed by atoms with van der Waals surface area (Å²) in [5, 5.41) is 6.52. The van der Waals surface area contributed by atoms with Crippen LogP contribution in [-0.4, -0.2) is 11.3 Å². The van der Waals surface area contributed by atoms with Crippen molar-refractivity contribution in [2.45, 2.75) is 30.8 Å². The van der Waals surface area contributed by atoms with Crippen LogP contribution in [0, 0.1) is 11.7 Å². The molecule has 1 aromatic carbocycles. The van der Waals surface area contributed by atoms with Gasteiger partial charge in [-0.1, -0.05) is 12.1 Å². The molecule has 1 aromatic rings. The number of amides is 1. The summed E-state index contributed by atoms with van der Waals surface area (Å²) < 4.78 is 13.3. The summed E-state index contributed by atoms with van der Waals surface area (Å²) in [6.07, 6.45) is 3.02. The SMILES string of the molecule is O=C1NC(c2cccc(F)c2)NC2SC3=C(CCC3)C12. The molecule has 2 heterocycles. The van der Waals surface area contributed by atoms with Crippen molar-refractivity contribution in [1.29, 1.82) is 0 Å². The van der Waals surface area contributed by atoms with E-state index in [0.717, 1.165) is 18.4 Å². The van der Waals surface area contributed by atoms with Crippen LogP contribution in [0.3, 0.4) is 0 Å². The van der Waals surface area contributed by atoms with Crippen LogP contribution in [0.4, 0.5) is 4.39 Å². The Labute approximate surface area is 121 Å². The predicted molar refractivity (Wildman–Crippen MR) is 76.2 cm³/mol. The van der Waals surface area contributed by atoms with Crippen LogP contribution >= 0.6 is 11.8 Å². The Hall–Kier alpha value is -1.33. The van der Waals surface area contributed by atoms with E-state index in [1.54, 1.807) is 17.8 Å². The van der Waals surface area contributed by atoms with Crippen LogP contribution in [0.15, 0.2) is 34.7 Å². The molecule has 5 heteroatoms. The highest BCUT2D eigenvalue weighted by Gasteiger charge is 2.46. The smallest absolute Gasteiger partial charge is 0.231 e. The zero-order valence-corrected chi connectivity index (χ0v) is 11.7. The molecule has 1 saturated heterocycles. The molecule has 0 spiro atoms. The highest BCUT2D eigenvalue weighted by molar-refractivity contribution is 8.04. The maximum atomic E-state index is 13.3. The number of carbonyl (C=O) groups excluding carboxylic acids is 1. The molecule has 2 N–H and O–H groups in total. The van der Waals surface area contributed by atoms with Crippen LogP contribution < -0.4 is 10.6 Å². The van der Waals surface area contributed by atoms with Crippen LogP contribution in [0.2, 0.25) is 0 Å². The van der Waals surface area contributed by atoms with Gasteiger partial charge in [-0.15, -0.1) is 11.8 Å². The third kappa shape index (κ3) is 1.88. The van der Waals surface area contributed by atoms with E-state index in [1.165, 1.54) is 29.0 Å². The van der Waals surface area contributed by atoms with E-state index in [2.05, 4.69) is 10.6 Å². The fourth-order valence-electron chi connectivity index (χ4n) is 3.34. The van der Waals surface area contributed by atoms with Gasteiger partial charge in [0.25, 0.3) is 0 Å². The van der Waals surface area contributed by atoms with Crippen molar-refractivity contribution in [2.75, 3.05) is 0 Å². The first-order valence-corrected chi connectivity index (χ1v) is 7.81. The second-order valence-electron chi connectivity index (χ2n) is 5.48. The normalized spacial score (nSPS) is 32.0. The Morgan fingerprint density at radius 2 is 2.20 bits per heavy atom. The number of fused-ring (bicyclic) bond motifs is 2. The van der Waals surface area contributed by atoms with Gasteiger partial charge in [0.05, 0.1) is 11.3 Å². The van der Waals surface area contributed by atoms with Crippen molar-refractivity contribution in [3.8, 4) is 0 Å². The van der Waals surface area contributed by atoms with E-state index in [9.17, 15) is 9.18 Å². The van der Waals surface area contributed by atoms with Crippen molar-refractivity contribution in [3.63, 3.8) is 0 Å². The third-order valence-corrected chi connectivity index (χ3v) is 5.65. The fourth-order valence-corrected chi connectivity index (χ4v) is 4.91. The Kier molecular flexibility index (Phi) is 2.86. The number of hydrogen-bond acceptors (Lipinski definition) is 3. The maximum absolute atomic E-state index is 13.3. The molecule has 3 unspecified atom stereocenters. The van der Waals surface area contributed by atoms with Gasteiger partial charge in [-0.05, 0) is 47.4 Å². The molecule has 1 aliphatic carbocycles. The quantitative estimate of drug-likeness (QED) is 0.835. The lowest BCUT2D eigenvalue weighted by molar-refractivity contribution is -0.127. The molecule has 0 saturated carbocycles. The molecule has 3 nitrogen and oxygen atoms in total. The van der Waals surface area contributed by atoms with Gasteiger partial charge in [0.15, 0.2) is 0 Å². The number of halogens is 1. The van der Waals surface area contributed by atoms with Crippen LogP contribution in [0.25, 0.3) is 0 Å². The second-order valence-corrected chi connectivity index (χ2v) is 6.72. The molecule has 3 aliphatic rings. The summed E-state index contributed by atoms with van der Waals surface area (Å²) in [6.45, 7) is 0. The topological polar surface area (TPSA) is 41.1 Å². The highest BCUT2D eigenvalue weighted by Crippen LogP contribution is 2.50. The van der Waals surface area contributed by atoms with E-state index >= 15 is 0 Å². The number of benzene rings is 1. The lowest BCUT2D eigenvalue weighted by Crippen LogP contribution is -2.54. The summed E-state index contributed by atoms with van der Waals surface area (Å²) in [4.78, 5) is 13.8. The first kappa shape index (κ1) is 12.4. The summed E-state index contributed by atoms with van der Waals surface area (Å²) in [5.41, 5.74) is 2.09. The summed E-state index contributed by atoms with van der Waals surface area (Å²) >= 11 is 1.79. The first-order valence-electron chi connectivity index (χ1n) is 6.93. The van der Waals surface area contributed by atoms with E-state index < -0.39 is 0 Å². The monoisotopic (exact) mass is 290 g/mol. The minimum absolute atomic E-state index is 0.0395. The van der Waals surface area contributed by atoms with Gasteiger partial charge >= 0.3 is 0 Å². The van der Waals surface area contributed by atoms with Gasteiger partial charge in [-0.3, -0.25) is 10.1 Å². The van der Waals surface area contributed by atoms with Gasteiger partial charge in [-0.25, -0.2) is 4.39 Å². The minimum Gasteiger partial charge on any atom is -0.336 e. The number of allylic oxidation sites excluding steroid dienone is 1. The Bertz CT molecular complexity index is 616. The zero-order chi connectivity index (χ0) is 13.7. The Morgan fingerprint density at radius 1 is 1.30 bits per heavy atom. The number of hydrogen-bond donors (Lipinski definition) is 2. The summed E-state index contributed by atoms with van der Waals surface area (Å²) in [5.74, 6) is -0.245. The lowest BCUT2D eigenvalue weighted by atomic mass is 9.94. The minimum atomic E-state index is -0.299. The number of thioether (sulfide) groups is 1. The van der Waals surface area contributed by atoms with Crippen LogP contribution in [-0.2, 0) is 4.79 Å². The molecule has 3 atom stereocenters. The number of rotatable bonds is 1. The van der Waals surface area contributed by atoms with E-state index in [4.69, 9.17) is 0 Å². The van der Waals surface area contributed by atoms with E-state index in [-0.39, 0.29) is 29.2 Å². The van der Waals surface area contributed by atoms with Crippen molar-refractivity contribution >= 4 is 17.7 Å². The highest BCUT2D eigenvalue weighted by atomic mass is 32.2. The molecule has 20 heavy (non-hydrogen) atoms. The maximum Gasteiger partial charge on any atom is 0.231 e. The Morgan fingerprint density at radius 3 is 3.05 bits per heavy atom.